The Morgan fingerprint density at radius 2 is 1.79 bits per heavy atom. The first-order chi connectivity index (χ1) is 16.3. The van der Waals surface area contributed by atoms with Gasteiger partial charge in [-0.25, -0.2) is 4.79 Å². The lowest BCUT2D eigenvalue weighted by Crippen LogP contribution is -2.54. The minimum absolute atomic E-state index is 0.0148. The third kappa shape index (κ3) is 5.22. The molecule has 1 aliphatic heterocycles. The Kier molecular flexibility index (Phi) is 6.85. The standard InChI is InChI=1S/C25H17BrN2O5S/c26-18-5-2-6-19(13-18)28-23(30)21(22(29)27-25(28)34)12-15-7-9-20(10-8-15)33-14-16-3-1-4-17(11-16)24(31)32/h1-13H,14H2,(H,31,32)(H,27,29,34)/b21-12+. The van der Waals surface area contributed by atoms with Crippen LogP contribution < -0.4 is 15.0 Å². The summed E-state index contributed by atoms with van der Waals surface area (Å²) in [5, 5.41) is 11.7. The van der Waals surface area contributed by atoms with E-state index in [4.69, 9.17) is 22.1 Å². The topological polar surface area (TPSA) is 95.9 Å². The monoisotopic (exact) mass is 536 g/mol. The number of carbonyl (C=O) groups is 3. The van der Waals surface area contributed by atoms with Gasteiger partial charge in [0.25, 0.3) is 11.8 Å². The van der Waals surface area contributed by atoms with Gasteiger partial charge in [-0.2, -0.15) is 0 Å². The van der Waals surface area contributed by atoms with E-state index in [1.165, 1.54) is 17.0 Å². The molecule has 3 aromatic rings. The molecule has 0 aliphatic carbocycles. The summed E-state index contributed by atoms with van der Waals surface area (Å²) in [7, 11) is 0. The molecule has 2 N–H and O–H groups in total. The zero-order chi connectivity index (χ0) is 24.2. The number of carboxylic acids is 1. The maximum Gasteiger partial charge on any atom is 0.335 e. The average Bonchev–Trinajstić information content (AvgIpc) is 2.81. The highest BCUT2D eigenvalue weighted by Crippen LogP contribution is 2.25. The maximum atomic E-state index is 13.1. The fourth-order valence-electron chi connectivity index (χ4n) is 3.29. The number of rotatable bonds is 6. The van der Waals surface area contributed by atoms with E-state index in [1.807, 2.05) is 6.07 Å². The minimum Gasteiger partial charge on any atom is -0.489 e. The van der Waals surface area contributed by atoms with E-state index in [1.54, 1.807) is 60.7 Å². The van der Waals surface area contributed by atoms with Crippen LogP contribution in [0.5, 0.6) is 5.75 Å². The quantitative estimate of drug-likeness (QED) is 0.272. The number of carboxylic acid groups (broad SMARTS) is 1. The van der Waals surface area contributed by atoms with Gasteiger partial charge in [0.15, 0.2) is 5.11 Å². The van der Waals surface area contributed by atoms with Gasteiger partial charge >= 0.3 is 5.97 Å². The SMILES string of the molecule is O=C1NC(=S)N(c2cccc(Br)c2)C(=O)/C1=C/c1ccc(OCc2cccc(C(=O)O)c2)cc1. The van der Waals surface area contributed by atoms with Crippen molar-refractivity contribution in [3.63, 3.8) is 0 Å². The predicted molar refractivity (Wildman–Crippen MR) is 135 cm³/mol. The predicted octanol–water partition coefficient (Wildman–Crippen LogP) is 4.56. The van der Waals surface area contributed by atoms with Crippen LogP contribution in [0, 0.1) is 0 Å². The molecular weight excluding hydrogens is 520 g/mol. The summed E-state index contributed by atoms with van der Waals surface area (Å²) in [6.07, 6.45) is 1.49. The van der Waals surface area contributed by atoms with Crippen LogP contribution in [0.4, 0.5) is 5.69 Å². The summed E-state index contributed by atoms with van der Waals surface area (Å²) in [4.78, 5) is 37.9. The molecule has 34 heavy (non-hydrogen) atoms. The van der Waals surface area contributed by atoms with Crippen LogP contribution >= 0.6 is 28.1 Å². The molecule has 0 unspecified atom stereocenters. The lowest BCUT2D eigenvalue weighted by atomic mass is 10.1. The summed E-state index contributed by atoms with van der Waals surface area (Å²) >= 11 is 8.59. The maximum absolute atomic E-state index is 13.1. The second kappa shape index (κ2) is 9.98. The summed E-state index contributed by atoms with van der Waals surface area (Å²) in [5.74, 6) is -1.54. The number of nitrogens with zero attached hydrogens (tertiary/aromatic N) is 1. The van der Waals surface area contributed by atoms with Gasteiger partial charge in [0.2, 0.25) is 0 Å². The molecule has 3 aromatic carbocycles. The van der Waals surface area contributed by atoms with Crippen molar-refractivity contribution in [1.82, 2.24) is 5.32 Å². The van der Waals surface area contributed by atoms with Crippen molar-refractivity contribution >= 4 is 62.8 Å². The molecule has 1 saturated heterocycles. The second-order valence-corrected chi connectivity index (χ2v) is 8.60. The Morgan fingerprint density at radius 3 is 2.50 bits per heavy atom. The van der Waals surface area contributed by atoms with E-state index >= 15 is 0 Å². The molecule has 0 bridgehead atoms. The van der Waals surface area contributed by atoms with Gasteiger partial charge in [0.1, 0.15) is 17.9 Å². The van der Waals surface area contributed by atoms with Crippen molar-refractivity contribution in [3.8, 4) is 5.75 Å². The molecule has 0 aromatic heterocycles. The molecule has 7 nitrogen and oxygen atoms in total. The molecule has 0 atom stereocenters. The number of hydrogen-bond donors (Lipinski definition) is 2. The lowest BCUT2D eigenvalue weighted by molar-refractivity contribution is -0.122. The molecule has 170 valence electrons. The highest BCUT2D eigenvalue weighted by Gasteiger charge is 2.34. The Labute approximate surface area is 208 Å². The Balaban J connectivity index is 1.50. The van der Waals surface area contributed by atoms with E-state index in [2.05, 4.69) is 21.2 Å². The molecule has 0 spiro atoms. The molecule has 1 fully saturated rings. The van der Waals surface area contributed by atoms with E-state index in [9.17, 15) is 14.4 Å². The summed E-state index contributed by atoms with van der Waals surface area (Å²) in [6, 6.07) is 20.4. The first-order valence-electron chi connectivity index (χ1n) is 10.0. The fraction of sp³-hybridized carbons (Fsp3) is 0.0400. The summed E-state index contributed by atoms with van der Waals surface area (Å²) < 4.78 is 6.50. The highest BCUT2D eigenvalue weighted by molar-refractivity contribution is 9.10. The van der Waals surface area contributed by atoms with Gasteiger partial charge in [0.05, 0.1) is 11.3 Å². The van der Waals surface area contributed by atoms with Crippen LogP contribution in [0.1, 0.15) is 21.5 Å². The highest BCUT2D eigenvalue weighted by atomic mass is 79.9. The minimum atomic E-state index is -1.00. The van der Waals surface area contributed by atoms with Crippen LogP contribution in [0.3, 0.4) is 0 Å². The molecular formula is C25H17BrN2O5S. The number of carbonyl (C=O) groups excluding carboxylic acids is 2. The number of anilines is 1. The molecule has 4 rings (SSSR count). The number of aromatic carboxylic acids is 1. The number of ether oxygens (including phenoxy) is 1. The molecule has 1 heterocycles. The lowest BCUT2D eigenvalue weighted by Gasteiger charge is -2.29. The van der Waals surface area contributed by atoms with Crippen LogP contribution in [0.2, 0.25) is 0 Å². The van der Waals surface area contributed by atoms with Crippen molar-refractivity contribution in [2.24, 2.45) is 0 Å². The Hall–Kier alpha value is -3.82. The molecule has 9 heteroatoms. The molecule has 1 aliphatic rings. The second-order valence-electron chi connectivity index (χ2n) is 7.30. The van der Waals surface area contributed by atoms with E-state index in [0.29, 0.717) is 17.0 Å². The van der Waals surface area contributed by atoms with Gasteiger partial charge in [-0.3, -0.25) is 19.8 Å². The first-order valence-corrected chi connectivity index (χ1v) is 11.2. The van der Waals surface area contributed by atoms with E-state index in [-0.39, 0.29) is 22.9 Å². The van der Waals surface area contributed by atoms with Gasteiger partial charge in [-0.05, 0) is 71.9 Å². The van der Waals surface area contributed by atoms with Crippen LogP contribution in [-0.4, -0.2) is 28.0 Å². The van der Waals surface area contributed by atoms with Gasteiger partial charge in [-0.15, -0.1) is 0 Å². The summed E-state index contributed by atoms with van der Waals surface area (Å²) in [6.45, 7) is 0.196. The number of benzene rings is 3. The molecule has 0 saturated carbocycles. The zero-order valence-electron chi connectivity index (χ0n) is 17.5. The van der Waals surface area contributed by atoms with Gasteiger partial charge in [0, 0.05) is 4.47 Å². The van der Waals surface area contributed by atoms with E-state index < -0.39 is 17.8 Å². The zero-order valence-corrected chi connectivity index (χ0v) is 19.9. The van der Waals surface area contributed by atoms with Crippen LogP contribution in [0.15, 0.2) is 82.8 Å². The third-order valence-electron chi connectivity index (χ3n) is 4.94. The first kappa shape index (κ1) is 23.3. The average molecular weight is 537 g/mol. The van der Waals surface area contributed by atoms with Crippen LogP contribution in [0.25, 0.3) is 6.08 Å². The van der Waals surface area contributed by atoms with Crippen molar-refractivity contribution in [2.45, 2.75) is 6.61 Å². The Bertz CT molecular complexity index is 1340. The number of nitrogens with one attached hydrogen (secondary N) is 1. The number of hydrogen-bond acceptors (Lipinski definition) is 5. The normalized spacial score (nSPS) is 14.8. The number of thiocarbonyl (C=S) groups is 1. The van der Waals surface area contributed by atoms with Crippen LogP contribution in [-0.2, 0) is 16.2 Å². The molecule has 2 amide bonds. The number of halogens is 1. The molecule has 0 radical (unpaired) electrons. The van der Waals surface area contributed by atoms with Crippen molar-refractivity contribution in [2.75, 3.05) is 4.90 Å². The largest absolute Gasteiger partial charge is 0.489 e. The fourth-order valence-corrected chi connectivity index (χ4v) is 3.96. The van der Waals surface area contributed by atoms with Crippen molar-refractivity contribution < 1.29 is 24.2 Å². The smallest absolute Gasteiger partial charge is 0.335 e. The van der Waals surface area contributed by atoms with Crippen molar-refractivity contribution in [3.05, 3.63) is 99.5 Å². The summed E-state index contributed by atoms with van der Waals surface area (Å²) in [5.41, 5.74) is 2.02. The number of amides is 2. The Morgan fingerprint density at radius 1 is 1.06 bits per heavy atom. The van der Waals surface area contributed by atoms with Gasteiger partial charge in [-0.1, -0.05) is 46.3 Å². The third-order valence-corrected chi connectivity index (χ3v) is 5.72. The van der Waals surface area contributed by atoms with E-state index in [0.717, 1.165) is 10.0 Å². The van der Waals surface area contributed by atoms with Crippen molar-refractivity contribution in [1.29, 1.82) is 0 Å². The van der Waals surface area contributed by atoms with Gasteiger partial charge < -0.3 is 9.84 Å².